The van der Waals surface area contributed by atoms with E-state index in [2.05, 4.69) is 16.2 Å². The number of nitrogens with one attached hydrogen (secondary N) is 3. The number of para-hydroxylation sites is 1. The minimum Gasteiger partial charge on any atom is -0.388 e. The van der Waals surface area contributed by atoms with Gasteiger partial charge in [-0.3, -0.25) is 10.2 Å². The number of benzene rings is 1. The van der Waals surface area contributed by atoms with Gasteiger partial charge in [0.05, 0.1) is 0 Å². The Morgan fingerprint density at radius 3 is 2.27 bits per heavy atom. The van der Waals surface area contributed by atoms with Crippen LogP contribution in [0.1, 0.15) is 0 Å². The van der Waals surface area contributed by atoms with E-state index in [1.165, 1.54) is 0 Å². The van der Waals surface area contributed by atoms with E-state index in [4.69, 9.17) is 12.2 Å². The largest absolute Gasteiger partial charge is 0.388 e. The minimum atomic E-state index is -1.78. The van der Waals surface area contributed by atoms with Gasteiger partial charge < -0.3 is 25.7 Å². The predicted octanol–water partition coefficient (Wildman–Crippen LogP) is -2.13. The summed E-state index contributed by atoms with van der Waals surface area (Å²) in [5, 5.41) is 41.3. The molecule has 2 rings (SSSR count). The Balaban J connectivity index is 1.92. The Hall–Kier alpha value is -1.62. The highest BCUT2D eigenvalue weighted by molar-refractivity contribution is 7.80. The molecule has 1 unspecified atom stereocenters. The normalized spacial score (nSPS) is 31.6. The molecule has 0 bridgehead atoms. The second-order valence-electron chi connectivity index (χ2n) is 4.89. The molecule has 5 atom stereocenters. The van der Waals surface area contributed by atoms with Crippen molar-refractivity contribution >= 4 is 28.8 Å². The second-order valence-corrected chi connectivity index (χ2v) is 5.29. The first kappa shape index (κ1) is 16.7. The van der Waals surface area contributed by atoms with Crippen LogP contribution in [0.25, 0.3) is 0 Å². The third kappa shape index (κ3) is 3.58. The zero-order chi connectivity index (χ0) is 16.3. The molecule has 7 N–H and O–H groups in total. The van der Waals surface area contributed by atoms with Gasteiger partial charge in [0.15, 0.2) is 10.9 Å². The van der Waals surface area contributed by atoms with Crippen molar-refractivity contribution < 1.29 is 25.2 Å². The topological polar surface area (TPSA) is 134 Å². The van der Waals surface area contributed by atoms with E-state index in [1.807, 2.05) is 6.07 Å². The highest BCUT2D eigenvalue weighted by Gasteiger charge is 2.48. The van der Waals surface area contributed by atoms with Crippen LogP contribution in [-0.4, -0.2) is 61.8 Å². The Morgan fingerprint density at radius 1 is 1.00 bits per heavy atom. The molecule has 1 aliphatic carbocycles. The van der Waals surface area contributed by atoms with E-state index in [0.29, 0.717) is 5.69 Å². The van der Waals surface area contributed by atoms with Gasteiger partial charge >= 0.3 is 0 Å². The van der Waals surface area contributed by atoms with Crippen molar-refractivity contribution in [3.8, 4) is 0 Å². The number of carbonyl (C=O) groups is 1. The average Bonchev–Trinajstić information content (AvgIpc) is 2.52. The van der Waals surface area contributed by atoms with E-state index >= 15 is 0 Å². The molecule has 0 amide bonds. The molecule has 0 aromatic heterocycles. The van der Waals surface area contributed by atoms with Crippen molar-refractivity contribution in [1.29, 1.82) is 0 Å². The average molecular weight is 327 g/mol. The molecule has 1 saturated carbocycles. The number of rotatable bonds is 3. The fourth-order valence-electron chi connectivity index (χ4n) is 2.09. The molecule has 1 aromatic rings. The van der Waals surface area contributed by atoms with Gasteiger partial charge in [-0.05, 0) is 24.4 Å². The van der Waals surface area contributed by atoms with Crippen LogP contribution in [-0.2, 0) is 4.79 Å². The molecule has 1 aromatic carbocycles. The van der Waals surface area contributed by atoms with E-state index in [-0.39, 0.29) is 5.11 Å². The Kier molecular flexibility index (Phi) is 5.40. The molecule has 1 fully saturated rings. The van der Waals surface area contributed by atoms with Crippen molar-refractivity contribution in [1.82, 2.24) is 10.9 Å². The van der Waals surface area contributed by atoms with E-state index in [1.54, 1.807) is 24.3 Å². The summed E-state index contributed by atoms with van der Waals surface area (Å²) in [6.45, 7) is 0. The van der Waals surface area contributed by atoms with Gasteiger partial charge in [0.2, 0.25) is 0 Å². The highest BCUT2D eigenvalue weighted by atomic mass is 32.1. The molecule has 22 heavy (non-hydrogen) atoms. The molecule has 9 heteroatoms. The number of hydrogen-bond acceptors (Lipinski definition) is 7. The molecule has 0 heterocycles. The second kappa shape index (κ2) is 7.09. The summed E-state index contributed by atoms with van der Waals surface area (Å²) in [4.78, 5) is 11.8. The predicted molar refractivity (Wildman–Crippen MR) is 81.8 cm³/mol. The van der Waals surface area contributed by atoms with Gasteiger partial charge in [0.1, 0.15) is 30.5 Å². The molecular formula is C13H17N3O5S. The third-order valence-corrected chi connectivity index (χ3v) is 3.54. The summed E-state index contributed by atoms with van der Waals surface area (Å²) in [6, 6.07) is 7.69. The lowest BCUT2D eigenvalue weighted by molar-refractivity contribution is -0.169. The lowest BCUT2D eigenvalue weighted by Gasteiger charge is -2.37. The highest BCUT2D eigenvalue weighted by Crippen LogP contribution is 2.17. The van der Waals surface area contributed by atoms with Crippen LogP contribution in [0, 0.1) is 0 Å². The number of carbonyl (C=O) groups excluding carboxylic acids is 1. The van der Waals surface area contributed by atoms with Crippen molar-refractivity contribution in [3.05, 3.63) is 30.3 Å². The van der Waals surface area contributed by atoms with Crippen LogP contribution in [0.3, 0.4) is 0 Å². The molecular weight excluding hydrogens is 310 g/mol. The maximum absolute atomic E-state index is 11.8. The lowest BCUT2D eigenvalue weighted by atomic mass is 9.85. The molecule has 8 nitrogen and oxygen atoms in total. The van der Waals surface area contributed by atoms with Crippen molar-refractivity contribution in [2.24, 2.45) is 0 Å². The summed E-state index contributed by atoms with van der Waals surface area (Å²) in [5.74, 6) is -0.847. The number of thiocarbonyl (C=S) groups is 1. The van der Waals surface area contributed by atoms with Gasteiger partial charge in [-0.25, -0.2) is 5.43 Å². The first-order chi connectivity index (χ1) is 10.4. The first-order valence-corrected chi connectivity index (χ1v) is 6.96. The van der Waals surface area contributed by atoms with Crippen molar-refractivity contribution in [2.75, 3.05) is 5.32 Å². The zero-order valence-electron chi connectivity index (χ0n) is 11.4. The van der Waals surface area contributed by atoms with Crippen LogP contribution in [0.5, 0.6) is 0 Å². The maximum atomic E-state index is 11.8. The van der Waals surface area contributed by atoms with Crippen LogP contribution >= 0.6 is 12.2 Å². The molecule has 120 valence electrons. The number of aliphatic hydroxyl groups is 4. The molecule has 0 aliphatic heterocycles. The third-order valence-electron chi connectivity index (χ3n) is 3.34. The number of hydrogen-bond donors (Lipinski definition) is 7. The van der Waals surface area contributed by atoms with E-state index in [0.717, 1.165) is 0 Å². The number of ketones is 1. The minimum absolute atomic E-state index is 0.126. The van der Waals surface area contributed by atoms with Gasteiger partial charge in [0.25, 0.3) is 0 Å². The fraction of sp³-hybridized carbons (Fsp3) is 0.385. The number of hydrazine groups is 1. The quantitative estimate of drug-likeness (QED) is 0.245. The standard InChI is InChI=1S/C13H17N3O5S/c17-8-7(9(18)11(20)12(21)10(8)19)15-16-13(22)14-6-4-2-1-3-5-6/h1-5,7-8,10-12,15,17,19-21H,(H2,14,16,22)/t7?,8-,10+,11+,12-/m0/s1. The SMILES string of the molecule is O=C1C(NNC(=S)Nc2ccccc2)[C@H](O)[C@@H](O)[C@H](O)[C@@H]1O. The maximum Gasteiger partial charge on any atom is 0.185 e. The Morgan fingerprint density at radius 2 is 1.64 bits per heavy atom. The Labute approximate surface area is 131 Å². The molecule has 0 radical (unpaired) electrons. The monoisotopic (exact) mass is 327 g/mol. The summed E-state index contributed by atoms with van der Waals surface area (Å²) < 4.78 is 0. The van der Waals surface area contributed by atoms with Gasteiger partial charge in [-0.2, -0.15) is 0 Å². The molecule has 0 spiro atoms. The summed E-state index contributed by atoms with van der Waals surface area (Å²) in [6.07, 6.45) is -6.75. The van der Waals surface area contributed by atoms with Crippen LogP contribution in [0.15, 0.2) is 30.3 Å². The van der Waals surface area contributed by atoms with Gasteiger partial charge in [0, 0.05) is 5.69 Å². The number of aliphatic hydroxyl groups excluding tert-OH is 4. The number of anilines is 1. The summed E-state index contributed by atoms with van der Waals surface area (Å²) in [7, 11) is 0. The van der Waals surface area contributed by atoms with Crippen LogP contribution in [0.4, 0.5) is 5.69 Å². The lowest BCUT2D eigenvalue weighted by Crippen LogP contribution is -2.68. The van der Waals surface area contributed by atoms with Crippen LogP contribution < -0.4 is 16.2 Å². The van der Waals surface area contributed by atoms with Crippen molar-refractivity contribution in [2.45, 2.75) is 30.5 Å². The fourth-order valence-corrected chi connectivity index (χ4v) is 2.27. The van der Waals surface area contributed by atoms with Gasteiger partial charge in [-0.1, -0.05) is 18.2 Å². The molecule has 0 saturated heterocycles. The molecule has 1 aliphatic rings. The van der Waals surface area contributed by atoms with E-state index < -0.39 is 36.2 Å². The van der Waals surface area contributed by atoms with Crippen LogP contribution in [0.2, 0.25) is 0 Å². The van der Waals surface area contributed by atoms with Crippen molar-refractivity contribution in [3.63, 3.8) is 0 Å². The van der Waals surface area contributed by atoms with E-state index in [9.17, 15) is 25.2 Å². The summed E-state index contributed by atoms with van der Waals surface area (Å²) in [5.41, 5.74) is 5.66. The number of Topliss-reactive ketones (excluding diaryl/α,β-unsaturated/α-hetero) is 1. The Bertz CT molecular complexity index is 544. The summed E-state index contributed by atoms with van der Waals surface area (Å²) >= 11 is 5.01. The first-order valence-electron chi connectivity index (χ1n) is 6.55. The smallest absolute Gasteiger partial charge is 0.185 e. The zero-order valence-corrected chi connectivity index (χ0v) is 12.2. The van der Waals surface area contributed by atoms with Gasteiger partial charge in [-0.15, -0.1) is 0 Å².